The number of amides is 3. The van der Waals surface area contributed by atoms with E-state index in [9.17, 15) is 9.59 Å². The normalized spacial score (nSPS) is 17.3. The topological polar surface area (TPSA) is 94.2 Å². The van der Waals surface area contributed by atoms with E-state index in [1.165, 1.54) is 0 Å². The number of piperazine rings is 1. The van der Waals surface area contributed by atoms with Gasteiger partial charge in [-0.3, -0.25) is 15.2 Å². The van der Waals surface area contributed by atoms with Gasteiger partial charge in [-0.2, -0.15) is 4.98 Å². The van der Waals surface area contributed by atoms with E-state index >= 15 is 0 Å². The number of unbranched alkanes of at least 4 members (excludes halogenated alkanes) is 1. The Hall–Kier alpha value is -2.90. The van der Waals surface area contributed by atoms with Crippen molar-refractivity contribution < 1.29 is 9.59 Å². The van der Waals surface area contributed by atoms with Crippen LogP contribution in [0.1, 0.15) is 31.7 Å². The zero-order chi connectivity index (χ0) is 19.4. The van der Waals surface area contributed by atoms with Crippen molar-refractivity contribution in [2.24, 2.45) is 0 Å². The third-order valence-corrected chi connectivity index (χ3v) is 4.80. The van der Waals surface area contributed by atoms with Gasteiger partial charge in [-0.25, -0.2) is 4.79 Å². The summed E-state index contributed by atoms with van der Waals surface area (Å²) in [5.41, 5.74) is 2.02. The molecule has 1 atom stereocenters. The Bertz CT molecular complexity index is 818. The summed E-state index contributed by atoms with van der Waals surface area (Å²) in [7, 11) is 1.78. The summed E-state index contributed by atoms with van der Waals surface area (Å²) in [6.45, 7) is 5.10. The molecule has 0 aliphatic carbocycles. The minimum atomic E-state index is -0.432. The zero-order valence-corrected chi connectivity index (χ0v) is 16.0. The number of aromatic nitrogens is 3. The van der Waals surface area contributed by atoms with Crippen molar-refractivity contribution >= 4 is 17.9 Å². The van der Waals surface area contributed by atoms with Crippen LogP contribution in [0.15, 0.2) is 24.3 Å². The number of anilines is 1. The molecule has 1 aliphatic heterocycles. The summed E-state index contributed by atoms with van der Waals surface area (Å²) in [6.07, 6.45) is 2.53. The van der Waals surface area contributed by atoms with Gasteiger partial charge in [0.05, 0.1) is 0 Å². The highest BCUT2D eigenvalue weighted by molar-refractivity contribution is 5.93. The molecular weight excluding hydrogens is 344 g/mol. The Morgan fingerprint density at radius 1 is 1.37 bits per heavy atom. The predicted molar refractivity (Wildman–Crippen MR) is 103 cm³/mol. The molecule has 1 fully saturated rings. The maximum atomic E-state index is 12.7. The summed E-state index contributed by atoms with van der Waals surface area (Å²) in [6, 6.07) is 7.10. The van der Waals surface area contributed by atoms with Crippen LogP contribution in [0.4, 0.5) is 10.7 Å². The van der Waals surface area contributed by atoms with Crippen LogP contribution < -0.4 is 5.32 Å². The molecule has 27 heavy (non-hydrogen) atoms. The van der Waals surface area contributed by atoms with Gasteiger partial charge < -0.3 is 9.80 Å². The van der Waals surface area contributed by atoms with E-state index in [0.717, 1.165) is 24.0 Å². The zero-order valence-electron chi connectivity index (χ0n) is 16.0. The minimum absolute atomic E-state index is 0.0136. The van der Waals surface area contributed by atoms with E-state index in [1.54, 1.807) is 16.8 Å². The first kappa shape index (κ1) is 18.9. The summed E-state index contributed by atoms with van der Waals surface area (Å²) < 4.78 is 0. The fourth-order valence-corrected chi connectivity index (χ4v) is 3.24. The van der Waals surface area contributed by atoms with Gasteiger partial charge in [0, 0.05) is 25.7 Å². The van der Waals surface area contributed by atoms with Crippen LogP contribution in [0.3, 0.4) is 0 Å². The van der Waals surface area contributed by atoms with Crippen LogP contribution in [-0.4, -0.2) is 63.1 Å². The van der Waals surface area contributed by atoms with Gasteiger partial charge in [0.25, 0.3) is 0 Å². The van der Waals surface area contributed by atoms with Crippen LogP contribution in [0.5, 0.6) is 0 Å². The highest BCUT2D eigenvalue weighted by atomic mass is 16.2. The van der Waals surface area contributed by atoms with Crippen molar-refractivity contribution in [3.8, 4) is 11.4 Å². The molecule has 1 saturated heterocycles. The number of H-pyrrole nitrogens is 1. The lowest BCUT2D eigenvalue weighted by molar-refractivity contribution is -0.138. The summed E-state index contributed by atoms with van der Waals surface area (Å²) in [4.78, 5) is 32.9. The molecule has 2 heterocycles. The monoisotopic (exact) mass is 370 g/mol. The highest BCUT2D eigenvalue weighted by Gasteiger charge is 2.35. The smallest absolute Gasteiger partial charge is 0.325 e. The number of urea groups is 1. The number of rotatable bonds is 5. The van der Waals surface area contributed by atoms with Crippen molar-refractivity contribution in [3.63, 3.8) is 0 Å². The molecule has 1 aromatic heterocycles. The average Bonchev–Trinajstić information content (AvgIpc) is 3.11. The second-order valence-electron chi connectivity index (χ2n) is 6.92. The van der Waals surface area contributed by atoms with Gasteiger partial charge in [-0.1, -0.05) is 43.5 Å². The van der Waals surface area contributed by atoms with Crippen molar-refractivity contribution in [2.75, 3.05) is 25.5 Å². The largest absolute Gasteiger partial charge is 0.342 e. The summed E-state index contributed by atoms with van der Waals surface area (Å²) in [5.74, 6) is 0.781. The number of likely N-dealkylation sites (N-methyl/N-ethyl adjacent to an activating group) is 1. The standard InChI is InChI=1S/C19H26N6O2/c1-4-5-9-15-17(26)24(3)10-11-25(15)19(27)21-18-20-16(22-23-18)14-8-6-7-13(2)12-14/h6-8,12,15H,4-5,9-11H2,1-3H3,(H2,20,21,22,23,27)/t15-/m0/s1. The maximum Gasteiger partial charge on any atom is 0.325 e. The Labute approximate surface area is 159 Å². The number of carbonyl (C=O) groups is 2. The van der Waals surface area contributed by atoms with Gasteiger partial charge in [-0.15, -0.1) is 5.10 Å². The number of hydrogen-bond acceptors (Lipinski definition) is 4. The molecular formula is C19H26N6O2. The number of nitrogens with one attached hydrogen (secondary N) is 2. The molecule has 2 N–H and O–H groups in total. The molecule has 0 unspecified atom stereocenters. The first-order valence-electron chi connectivity index (χ1n) is 9.31. The maximum absolute atomic E-state index is 12.7. The molecule has 0 bridgehead atoms. The lowest BCUT2D eigenvalue weighted by Crippen LogP contribution is -2.58. The molecule has 1 aromatic carbocycles. The number of benzene rings is 1. The van der Waals surface area contributed by atoms with Crippen molar-refractivity contribution in [2.45, 2.75) is 39.2 Å². The molecule has 144 valence electrons. The average molecular weight is 370 g/mol. The van der Waals surface area contributed by atoms with Gasteiger partial charge in [0.1, 0.15) is 6.04 Å². The molecule has 8 heteroatoms. The minimum Gasteiger partial charge on any atom is -0.342 e. The molecule has 3 amide bonds. The van der Waals surface area contributed by atoms with Crippen molar-refractivity contribution in [1.29, 1.82) is 0 Å². The lowest BCUT2D eigenvalue weighted by Gasteiger charge is -2.38. The highest BCUT2D eigenvalue weighted by Crippen LogP contribution is 2.19. The van der Waals surface area contributed by atoms with E-state index in [-0.39, 0.29) is 17.9 Å². The number of aryl methyl sites for hydroxylation is 1. The Kier molecular flexibility index (Phi) is 5.73. The fourth-order valence-electron chi connectivity index (χ4n) is 3.24. The SMILES string of the molecule is CCCC[C@H]1C(=O)N(C)CCN1C(=O)Nc1n[nH]c(-c2cccc(C)c2)n1. The first-order valence-corrected chi connectivity index (χ1v) is 9.31. The van der Waals surface area contributed by atoms with Crippen LogP contribution >= 0.6 is 0 Å². The van der Waals surface area contributed by atoms with Gasteiger partial charge in [0.2, 0.25) is 11.9 Å². The fraction of sp³-hybridized carbons (Fsp3) is 0.474. The van der Waals surface area contributed by atoms with E-state index < -0.39 is 6.04 Å². The van der Waals surface area contributed by atoms with Crippen LogP contribution in [0.25, 0.3) is 11.4 Å². The van der Waals surface area contributed by atoms with Crippen molar-refractivity contribution in [1.82, 2.24) is 25.0 Å². The van der Waals surface area contributed by atoms with E-state index in [1.807, 2.05) is 31.2 Å². The van der Waals surface area contributed by atoms with E-state index in [4.69, 9.17) is 0 Å². The van der Waals surface area contributed by atoms with Crippen LogP contribution in [0.2, 0.25) is 0 Å². The second-order valence-corrected chi connectivity index (χ2v) is 6.92. The molecule has 2 aromatic rings. The molecule has 3 rings (SSSR count). The predicted octanol–water partition coefficient (Wildman–Crippen LogP) is 2.64. The molecule has 0 saturated carbocycles. The Balaban J connectivity index is 1.71. The number of hydrogen-bond donors (Lipinski definition) is 2. The molecule has 8 nitrogen and oxygen atoms in total. The number of nitrogens with zero attached hydrogens (tertiary/aromatic N) is 4. The van der Waals surface area contributed by atoms with Gasteiger partial charge in [0.15, 0.2) is 5.82 Å². The van der Waals surface area contributed by atoms with Crippen molar-refractivity contribution in [3.05, 3.63) is 29.8 Å². The number of aromatic amines is 1. The molecule has 0 radical (unpaired) electrons. The Morgan fingerprint density at radius 2 is 2.19 bits per heavy atom. The number of carbonyl (C=O) groups excluding carboxylic acids is 2. The lowest BCUT2D eigenvalue weighted by atomic mass is 10.0. The Morgan fingerprint density at radius 3 is 2.93 bits per heavy atom. The van der Waals surface area contributed by atoms with Gasteiger partial charge >= 0.3 is 6.03 Å². The molecule has 1 aliphatic rings. The summed E-state index contributed by atoms with van der Waals surface area (Å²) >= 11 is 0. The third-order valence-electron chi connectivity index (χ3n) is 4.80. The van der Waals surface area contributed by atoms with E-state index in [2.05, 4.69) is 27.4 Å². The summed E-state index contributed by atoms with van der Waals surface area (Å²) in [5, 5.41) is 9.66. The van der Waals surface area contributed by atoms with Crippen LogP contribution in [-0.2, 0) is 4.79 Å². The molecule has 0 spiro atoms. The quantitative estimate of drug-likeness (QED) is 0.846. The van der Waals surface area contributed by atoms with Crippen LogP contribution in [0, 0.1) is 6.92 Å². The third kappa shape index (κ3) is 4.27. The van der Waals surface area contributed by atoms with Gasteiger partial charge in [-0.05, 0) is 19.4 Å². The van der Waals surface area contributed by atoms with E-state index in [0.29, 0.717) is 25.3 Å². The second kappa shape index (κ2) is 8.20. The first-order chi connectivity index (χ1) is 13.0.